The molecule has 0 spiro atoms. The van der Waals surface area contributed by atoms with E-state index in [0.717, 1.165) is 25.3 Å². The molecule has 1 aromatic heterocycles. The Labute approximate surface area is 147 Å². The van der Waals surface area contributed by atoms with Crippen molar-refractivity contribution in [1.82, 2.24) is 15.6 Å². The maximum atomic E-state index is 12.1. The summed E-state index contributed by atoms with van der Waals surface area (Å²) in [5, 5.41) is 6.18. The molecule has 2 heterocycles. The summed E-state index contributed by atoms with van der Waals surface area (Å²) in [6, 6.07) is 13.0. The molecule has 1 fully saturated rings. The molecule has 2 N–H and O–H groups in total. The Bertz CT molecular complexity index is 620. The highest BCUT2D eigenvalue weighted by Crippen LogP contribution is 2.20. The van der Waals surface area contributed by atoms with E-state index in [4.69, 9.17) is 4.74 Å². The van der Waals surface area contributed by atoms with E-state index in [0.29, 0.717) is 11.4 Å². The van der Waals surface area contributed by atoms with Crippen LogP contribution in [0.5, 0.6) is 11.5 Å². The zero-order valence-corrected chi connectivity index (χ0v) is 14.0. The molecule has 0 saturated carbocycles. The number of rotatable bonds is 4. The van der Waals surface area contributed by atoms with Gasteiger partial charge in [-0.1, -0.05) is 18.2 Å². The van der Waals surface area contributed by atoms with Crippen LogP contribution in [-0.2, 0) is 0 Å². The Balaban J connectivity index is 0.00000132. The first-order valence-corrected chi connectivity index (χ1v) is 7.02. The number of hydrogen-bond donors (Lipinski definition) is 2. The fraction of sp³-hybridized carbons (Fsp3) is 0.250. The standard InChI is InChI=1S/C16H17N3O2.2ClH/c20-16(19-12-6-8-17-11-12)15-10-14(7-9-18-15)21-13-4-2-1-3-5-13;;/h1-5,7,9-10,12,17H,6,8,11H2,(H,19,20);2*1H. The van der Waals surface area contributed by atoms with E-state index in [1.54, 1.807) is 18.3 Å². The lowest BCUT2D eigenvalue weighted by Gasteiger charge is -2.11. The summed E-state index contributed by atoms with van der Waals surface area (Å²) in [7, 11) is 0. The molecule has 0 bridgehead atoms. The molecule has 7 heteroatoms. The molecule has 1 atom stereocenters. The van der Waals surface area contributed by atoms with Gasteiger partial charge in [0.05, 0.1) is 0 Å². The van der Waals surface area contributed by atoms with E-state index in [-0.39, 0.29) is 36.8 Å². The van der Waals surface area contributed by atoms with Gasteiger partial charge < -0.3 is 15.4 Å². The van der Waals surface area contributed by atoms with Gasteiger partial charge in [-0.05, 0) is 31.2 Å². The van der Waals surface area contributed by atoms with Crippen LogP contribution < -0.4 is 15.4 Å². The Morgan fingerprint density at radius 3 is 2.65 bits per heavy atom. The van der Waals surface area contributed by atoms with Gasteiger partial charge in [0.1, 0.15) is 17.2 Å². The van der Waals surface area contributed by atoms with E-state index in [9.17, 15) is 4.79 Å². The van der Waals surface area contributed by atoms with Gasteiger partial charge >= 0.3 is 0 Å². The molecule has 124 valence electrons. The van der Waals surface area contributed by atoms with Gasteiger partial charge in [-0.3, -0.25) is 9.78 Å². The minimum Gasteiger partial charge on any atom is -0.457 e. The number of pyridine rings is 1. The SMILES string of the molecule is Cl.Cl.O=C(NC1CCNC1)c1cc(Oc2ccccc2)ccn1. The van der Waals surface area contributed by atoms with Crippen molar-refractivity contribution in [2.45, 2.75) is 12.5 Å². The molecule has 1 saturated heterocycles. The van der Waals surface area contributed by atoms with Crippen LogP contribution >= 0.6 is 24.8 Å². The van der Waals surface area contributed by atoms with Crippen molar-refractivity contribution in [2.24, 2.45) is 0 Å². The fourth-order valence-corrected chi connectivity index (χ4v) is 2.26. The van der Waals surface area contributed by atoms with Crippen molar-refractivity contribution < 1.29 is 9.53 Å². The van der Waals surface area contributed by atoms with Gasteiger partial charge in [0, 0.05) is 24.8 Å². The Hall–Kier alpha value is -1.82. The molecule has 2 aromatic rings. The second-order valence-electron chi connectivity index (χ2n) is 4.96. The summed E-state index contributed by atoms with van der Waals surface area (Å²) in [5.74, 6) is 1.17. The summed E-state index contributed by atoms with van der Waals surface area (Å²) in [6.45, 7) is 1.75. The Kier molecular flexibility index (Phi) is 7.81. The molecule has 3 rings (SSSR count). The van der Waals surface area contributed by atoms with Crippen molar-refractivity contribution in [3.8, 4) is 11.5 Å². The summed E-state index contributed by atoms with van der Waals surface area (Å²) in [6.07, 6.45) is 2.53. The number of nitrogens with zero attached hydrogens (tertiary/aromatic N) is 1. The number of halogens is 2. The first-order valence-electron chi connectivity index (χ1n) is 7.02. The molecule has 5 nitrogen and oxygen atoms in total. The van der Waals surface area contributed by atoms with Crippen LogP contribution in [0.3, 0.4) is 0 Å². The summed E-state index contributed by atoms with van der Waals surface area (Å²) in [4.78, 5) is 16.3. The smallest absolute Gasteiger partial charge is 0.270 e. The van der Waals surface area contributed by atoms with Crippen LogP contribution in [-0.4, -0.2) is 30.0 Å². The van der Waals surface area contributed by atoms with Gasteiger partial charge in [-0.2, -0.15) is 0 Å². The monoisotopic (exact) mass is 355 g/mol. The maximum Gasteiger partial charge on any atom is 0.270 e. The second kappa shape index (κ2) is 9.35. The third kappa shape index (κ3) is 5.39. The maximum absolute atomic E-state index is 12.1. The quantitative estimate of drug-likeness (QED) is 0.884. The highest BCUT2D eigenvalue weighted by atomic mass is 35.5. The number of ether oxygens (including phenoxy) is 1. The molecule has 23 heavy (non-hydrogen) atoms. The van der Waals surface area contributed by atoms with E-state index in [2.05, 4.69) is 15.6 Å². The molecular weight excluding hydrogens is 337 g/mol. The molecule has 1 amide bonds. The van der Waals surface area contributed by atoms with Crippen molar-refractivity contribution in [1.29, 1.82) is 0 Å². The van der Waals surface area contributed by atoms with Crippen LogP contribution in [0, 0.1) is 0 Å². The Morgan fingerprint density at radius 2 is 1.96 bits per heavy atom. The first-order chi connectivity index (χ1) is 10.3. The number of hydrogen-bond acceptors (Lipinski definition) is 4. The van der Waals surface area contributed by atoms with Crippen LogP contribution in [0.4, 0.5) is 0 Å². The minimum absolute atomic E-state index is 0. The lowest BCUT2D eigenvalue weighted by molar-refractivity contribution is 0.0934. The number of para-hydroxylation sites is 1. The number of benzene rings is 1. The van der Waals surface area contributed by atoms with Crippen LogP contribution in [0.2, 0.25) is 0 Å². The number of carbonyl (C=O) groups excluding carboxylic acids is 1. The lowest BCUT2D eigenvalue weighted by Crippen LogP contribution is -2.36. The highest BCUT2D eigenvalue weighted by molar-refractivity contribution is 5.92. The third-order valence-electron chi connectivity index (χ3n) is 3.34. The number of carbonyl (C=O) groups is 1. The third-order valence-corrected chi connectivity index (χ3v) is 3.34. The molecule has 1 aliphatic heterocycles. The van der Waals surface area contributed by atoms with Crippen molar-refractivity contribution in [2.75, 3.05) is 13.1 Å². The molecular formula is C16H19Cl2N3O2. The minimum atomic E-state index is -0.165. The van der Waals surface area contributed by atoms with Crippen molar-refractivity contribution in [3.05, 3.63) is 54.4 Å². The summed E-state index contributed by atoms with van der Waals surface area (Å²) >= 11 is 0. The van der Waals surface area contributed by atoms with Gasteiger partial charge in [0.15, 0.2) is 0 Å². The predicted octanol–water partition coefficient (Wildman–Crippen LogP) is 2.81. The largest absolute Gasteiger partial charge is 0.457 e. The highest BCUT2D eigenvalue weighted by Gasteiger charge is 2.18. The van der Waals surface area contributed by atoms with Gasteiger partial charge in [-0.25, -0.2) is 0 Å². The van der Waals surface area contributed by atoms with Gasteiger partial charge in [0.2, 0.25) is 0 Å². The zero-order valence-electron chi connectivity index (χ0n) is 12.4. The molecule has 1 aromatic carbocycles. The van der Waals surface area contributed by atoms with E-state index < -0.39 is 0 Å². The number of nitrogens with one attached hydrogen (secondary N) is 2. The normalized spacial score (nSPS) is 15.9. The fourth-order valence-electron chi connectivity index (χ4n) is 2.26. The zero-order chi connectivity index (χ0) is 14.5. The van der Waals surface area contributed by atoms with E-state index >= 15 is 0 Å². The second-order valence-corrected chi connectivity index (χ2v) is 4.96. The van der Waals surface area contributed by atoms with Gasteiger partial charge in [0.25, 0.3) is 5.91 Å². The molecule has 1 unspecified atom stereocenters. The topological polar surface area (TPSA) is 63.2 Å². The number of amides is 1. The Morgan fingerprint density at radius 1 is 1.17 bits per heavy atom. The first kappa shape index (κ1) is 19.2. The molecule has 1 aliphatic rings. The van der Waals surface area contributed by atoms with Crippen LogP contribution in [0.25, 0.3) is 0 Å². The predicted molar refractivity (Wildman–Crippen MR) is 94.0 cm³/mol. The summed E-state index contributed by atoms with van der Waals surface area (Å²) < 4.78 is 5.71. The van der Waals surface area contributed by atoms with Gasteiger partial charge in [-0.15, -0.1) is 24.8 Å². The van der Waals surface area contributed by atoms with E-state index in [1.807, 2.05) is 30.3 Å². The number of aromatic nitrogens is 1. The van der Waals surface area contributed by atoms with Crippen LogP contribution in [0.15, 0.2) is 48.7 Å². The van der Waals surface area contributed by atoms with E-state index in [1.165, 1.54) is 0 Å². The average molecular weight is 356 g/mol. The molecule has 0 radical (unpaired) electrons. The molecule has 0 aliphatic carbocycles. The average Bonchev–Trinajstić information content (AvgIpc) is 3.01. The van der Waals surface area contributed by atoms with Crippen LogP contribution in [0.1, 0.15) is 16.9 Å². The lowest BCUT2D eigenvalue weighted by atomic mass is 10.2. The van der Waals surface area contributed by atoms with Crippen molar-refractivity contribution >= 4 is 30.7 Å². The van der Waals surface area contributed by atoms with Crippen molar-refractivity contribution in [3.63, 3.8) is 0 Å². The summed E-state index contributed by atoms with van der Waals surface area (Å²) in [5.41, 5.74) is 0.371.